The minimum atomic E-state index is -1.18. The molecule has 0 bridgehead atoms. The molecule has 134 valence electrons. The first-order valence-corrected chi connectivity index (χ1v) is 9.16. The Labute approximate surface area is 144 Å². The number of aryl methyl sites for hydroxylation is 1. The van der Waals surface area contributed by atoms with Crippen LogP contribution in [0.4, 0.5) is 0 Å². The van der Waals surface area contributed by atoms with Crippen molar-refractivity contribution < 1.29 is 19.8 Å². The van der Waals surface area contributed by atoms with Crippen LogP contribution in [0.5, 0.6) is 0 Å². The standard InChI is InChI=1S/C20H30O4/c1-2-3-4-5-6-7-8-9-10-11-13-16-14-12-15-17(19(21)22)18(16)20(23)24/h12,14-15H,2-11,13H2,1H3,(H,21,22)(H,23,24). The Kier molecular flexibility index (Phi) is 9.81. The van der Waals surface area contributed by atoms with Crippen LogP contribution in [0.25, 0.3) is 0 Å². The van der Waals surface area contributed by atoms with E-state index in [0.717, 1.165) is 19.3 Å². The molecule has 0 saturated carbocycles. The number of benzene rings is 1. The maximum atomic E-state index is 11.4. The lowest BCUT2D eigenvalue weighted by atomic mass is 9.96. The van der Waals surface area contributed by atoms with Gasteiger partial charge in [-0.25, -0.2) is 9.59 Å². The van der Waals surface area contributed by atoms with E-state index in [9.17, 15) is 14.7 Å². The van der Waals surface area contributed by atoms with Crippen LogP contribution in [0, 0.1) is 0 Å². The highest BCUT2D eigenvalue weighted by molar-refractivity contribution is 6.02. The summed E-state index contributed by atoms with van der Waals surface area (Å²) < 4.78 is 0. The molecule has 0 unspecified atom stereocenters. The van der Waals surface area contributed by atoms with Gasteiger partial charge in [-0.3, -0.25) is 0 Å². The van der Waals surface area contributed by atoms with Crippen molar-refractivity contribution in [1.29, 1.82) is 0 Å². The van der Waals surface area contributed by atoms with Gasteiger partial charge in [0, 0.05) is 0 Å². The molecule has 0 amide bonds. The Hall–Kier alpha value is -1.84. The van der Waals surface area contributed by atoms with Gasteiger partial charge in [-0.15, -0.1) is 0 Å². The summed E-state index contributed by atoms with van der Waals surface area (Å²) in [5, 5.41) is 18.4. The Balaban J connectivity index is 2.32. The van der Waals surface area contributed by atoms with E-state index < -0.39 is 11.9 Å². The van der Waals surface area contributed by atoms with Crippen molar-refractivity contribution in [3.05, 3.63) is 34.9 Å². The van der Waals surface area contributed by atoms with Crippen LogP contribution in [0.15, 0.2) is 18.2 Å². The van der Waals surface area contributed by atoms with Gasteiger partial charge in [0.05, 0.1) is 11.1 Å². The normalized spacial score (nSPS) is 10.7. The van der Waals surface area contributed by atoms with Gasteiger partial charge in [0.15, 0.2) is 0 Å². The number of carbonyl (C=O) groups is 2. The van der Waals surface area contributed by atoms with Crippen LogP contribution in [0.1, 0.15) is 97.4 Å². The fourth-order valence-corrected chi connectivity index (χ4v) is 3.04. The summed E-state index contributed by atoms with van der Waals surface area (Å²) in [4.78, 5) is 22.5. The summed E-state index contributed by atoms with van der Waals surface area (Å²) in [5.74, 6) is -2.34. The zero-order valence-electron chi connectivity index (χ0n) is 14.7. The summed E-state index contributed by atoms with van der Waals surface area (Å²) in [7, 11) is 0. The number of carboxylic acids is 2. The van der Waals surface area contributed by atoms with Crippen LogP contribution >= 0.6 is 0 Å². The third-order valence-electron chi connectivity index (χ3n) is 4.39. The molecule has 24 heavy (non-hydrogen) atoms. The lowest BCUT2D eigenvalue weighted by molar-refractivity contribution is 0.0650. The smallest absolute Gasteiger partial charge is 0.336 e. The predicted octanol–water partition coefficient (Wildman–Crippen LogP) is 5.55. The van der Waals surface area contributed by atoms with Gasteiger partial charge in [-0.1, -0.05) is 76.8 Å². The molecule has 0 aromatic heterocycles. The molecule has 1 aromatic carbocycles. The molecule has 0 radical (unpaired) electrons. The Morgan fingerprint density at radius 1 is 0.792 bits per heavy atom. The van der Waals surface area contributed by atoms with Crippen molar-refractivity contribution in [3.8, 4) is 0 Å². The number of carboxylic acid groups (broad SMARTS) is 2. The number of hydrogen-bond donors (Lipinski definition) is 2. The summed E-state index contributed by atoms with van der Waals surface area (Å²) in [6.45, 7) is 2.22. The maximum Gasteiger partial charge on any atom is 0.336 e. The van der Waals surface area contributed by atoms with E-state index in [2.05, 4.69) is 6.92 Å². The second-order valence-corrected chi connectivity index (χ2v) is 6.38. The molecule has 0 heterocycles. The van der Waals surface area contributed by atoms with E-state index in [1.54, 1.807) is 12.1 Å². The van der Waals surface area contributed by atoms with Crippen molar-refractivity contribution in [1.82, 2.24) is 0 Å². The van der Waals surface area contributed by atoms with E-state index in [-0.39, 0.29) is 11.1 Å². The van der Waals surface area contributed by atoms with Crippen LogP contribution in [-0.2, 0) is 6.42 Å². The topological polar surface area (TPSA) is 74.6 Å². The van der Waals surface area contributed by atoms with Gasteiger partial charge in [0.2, 0.25) is 0 Å². The molecule has 0 spiro atoms. The van der Waals surface area contributed by atoms with Crippen LogP contribution < -0.4 is 0 Å². The second-order valence-electron chi connectivity index (χ2n) is 6.38. The fourth-order valence-electron chi connectivity index (χ4n) is 3.04. The van der Waals surface area contributed by atoms with Crippen molar-refractivity contribution in [2.24, 2.45) is 0 Å². The highest BCUT2D eigenvalue weighted by Gasteiger charge is 2.19. The van der Waals surface area contributed by atoms with Gasteiger partial charge in [0.1, 0.15) is 0 Å². The summed E-state index contributed by atoms with van der Waals surface area (Å²) >= 11 is 0. The molecule has 4 heteroatoms. The molecule has 1 aromatic rings. The van der Waals surface area contributed by atoms with Gasteiger partial charge in [-0.05, 0) is 24.5 Å². The first-order valence-electron chi connectivity index (χ1n) is 9.16. The van der Waals surface area contributed by atoms with Gasteiger partial charge in [0.25, 0.3) is 0 Å². The largest absolute Gasteiger partial charge is 0.478 e. The fraction of sp³-hybridized carbons (Fsp3) is 0.600. The van der Waals surface area contributed by atoms with Crippen molar-refractivity contribution in [3.63, 3.8) is 0 Å². The lowest BCUT2D eigenvalue weighted by Crippen LogP contribution is -2.11. The third-order valence-corrected chi connectivity index (χ3v) is 4.39. The first kappa shape index (κ1) is 20.2. The van der Waals surface area contributed by atoms with Gasteiger partial charge in [-0.2, -0.15) is 0 Å². The molecule has 0 fully saturated rings. The average molecular weight is 334 g/mol. The van der Waals surface area contributed by atoms with Crippen molar-refractivity contribution >= 4 is 11.9 Å². The molecule has 0 aliphatic heterocycles. The van der Waals surface area contributed by atoms with E-state index in [4.69, 9.17) is 5.11 Å². The number of aromatic carboxylic acids is 2. The molecular weight excluding hydrogens is 304 g/mol. The molecule has 1 rings (SSSR count). The Morgan fingerprint density at radius 3 is 1.83 bits per heavy atom. The van der Waals surface area contributed by atoms with Gasteiger partial charge < -0.3 is 10.2 Å². The van der Waals surface area contributed by atoms with Crippen LogP contribution in [0.3, 0.4) is 0 Å². The minimum absolute atomic E-state index is 0.0547. The lowest BCUT2D eigenvalue weighted by Gasteiger charge is -2.09. The zero-order valence-corrected chi connectivity index (χ0v) is 14.7. The summed E-state index contributed by atoms with van der Waals surface area (Å²) in [6, 6.07) is 4.71. The number of rotatable bonds is 13. The molecule has 2 N–H and O–H groups in total. The minimum Gasteiger partial charge on any atom is -0.478 e. The number of hydrogen-bond acceptors (Lipinski definition) is 2. The SMILES string of the molecule is CCCCCCCCCCCCc1cccc(C(=O)O)c1C(=O)O. The van der Waals surface area contributed by atoms with Crippen LogP contribution in [-0.4, -0.2) is 22.2 Å². The van der Waals surface area contributed by atoms with E-state index >= 15 is 0 Å². The zero-order chi connectivity index (χ0) is 17.8. The van der Waals surface area contributed by atoms with E-state index in [0.29, 0.717) is 12.0 Å². The summed E-state index contributed by atoms with van der Waals surface area (Å²) in [5.41, 5.74) is 0.454. The predicted molar refractivity (Wildman–Crippen MR) is 95.9 cm³/mol. The molecule has 4 nitrogen and oxygen atoms in total. The van der Waals surface area contributed by atoms with Crippen molar-refractivity contribution in [2.75, 3.05) is 0 Å². The Bertz CT molecular complexity index is 522. The maximum absolute atomic E-state index is 11.4. The molecule has 0 atom stereocenters. The highest BCUT2D eigenvalue weighted by atomic mass is 16.4. The third kappa shape index (κ3) is 7.16. The monoisotopic (exact) mass is 334 g/mol. The Morgan fingerprint density at radius 2 is 1.33 bits per heavy atom. The molecule has 0 aliphatic rings. The van der Waals surface area contributed by atoms with Crippen LogP contribution in [0.2, 0.25) is 0 Å². The quantitative estimate of drug-likeness (QED) is 0.464. The van der Waals surface area contributed by atoms with Crippen molar-refractivity contribution in [2.45, 2.75) is 77.6 Å². The molecular formula is C20H30O4. The van der Waals surface area contributed by atoms with E-state index in [1.807, 2.05) is 0 Å². The van der Waals surface area contributed by atoms with Gasteiger partial charge >= 0.3 is 11.9 Å². The number of unbranched alkanes of at least 4 members (excludes halogenated alkanes) is 9. The second kappa shape index (κ2) is 11.7. The first-order chi connectivity index (χ1) is 11.6. The average Bonchev–Trinajstić information content (AvgIpc) is 2.56. The highest BCUT2D eigenvalue weighted by Crippen LogP contribution is 2.19. The van der Waals surface area contributed by atoms with E-state index in [1.165, 1.54) is 51.0 Å². The molecule has 0 saturated heterocycles. The molecule has 0 aliphatic carbocycles. The summed E-state index contributed by atoms with van der Waals surface area (Å²) in [6.07, 6.45) is 12.9.